The Labute approximate surface area is 116 Å². The molecular weight excluding hydrogens is 238 g/mol. The lowest BCUT2D eigenvalue weighted by molar-refractivity contribution is -0.131. The van der Waals surface area contributed by atoms with Gasteiger partial charge in [0.2, 0.25) is 5.91 Å². The molecule has 19 heavy (non-hydrogen) atoms. The first-order valence-corrected chi connectivity index (χ1v) is 7.44. The molecule has 0 unspecified atom stereocenters. The number of rotatable bonds is 9. The number of nitrogens with zero attached hydrogens (tertiary/aromatic N) is 3. The van der Waals surface area contributed by atoms with E-state index in [9.17, 15) is 4.79 Å². The second kappa shape index (κ2) is 8.73. The predicted octanol–water partition coefficient (Wildman–Crippen LogP) is 3.01. The van der Waals surface area contributed by atoms with Crippen molar-refractivity contribution in [3.05, 3.63) is 18.2 Å². The number of hydrogen-bond acceptors (Lipinski definition) is 2. The largest absolute Gasteiger partial charge is 0.343 e. The topological polar surface area (TPSA) is 38.1 Å². The first-order valence-electron chi connectivity index (χ1n) is 7.44. The van der Waals surface area contributed by atoms with Crippen LogP contribution in [-0.2, 0) is 11.3 Å². The van der Waals surface area contributed by atoms with Crippen molar-refractivity contribution in [2.24, 2.45) is 0 Å². The minimum Gasteiger partial charge on any atom is -0.343 e. The Balaban J connectivity index is 2.23. The van der Waals surface area contributed by atoms with Crippen molar-refractivity contribution in [2.75, 3.05) is 13.1 Å². The van der Waals surface area contributed by atoms with Gasteiger partial charge >= 0.3 is 0 Å². The maximum Gasteiger partial charge on any atom is 0.222 e. The van der Waals surface area contributed by atoms with Crippen molar-refractivity contribution in [1.29, 1.82) is 0 Å². The van der Waals surface area contributed by atoms with E-state index in [0.717, 1.165) is 51.1 Å². The Hall–Kier alpha value is -1.32. The molecule has 1 aromatic heterocycles. The highest BCUT2D eigenvalue weighted by Crippen LogP contribution is 2.06. The van der Waals surface area contributed by atoms with Gasteiger partial charge in [-0.1, -0.05) is 13.8 Å². The van der Waals surface area contributed by atoms with Crippen LogP contribution >= 0.6 is 0 Å². The predicted molar refractivity (Wildman–Crippen MR) is 78.0 cm³/mol. The standard InChI is InChI=1S/C15H27N3O/c1-4-10-18(11-5-2)15(19)8-6-7-12-17-13-9-16-14(17)3/h9,13H,4-8,10-12H2,1-3H3. The first-order chi connectivity index (χ1) is 9.19. The van der Waals surface area contributed by atoms with E-state index in [4.69, 9.17) is 0 Å². The number of unbranched alkanes of at least 4 members (excludes halogenated alkanes) is 1. The maximum atomic E-state index is 12.1. The van der Waals surface area contributed by atoms with Gasteiger partial charge in [0.05, 0.1) is 0 Å². The van der Waals surface area contributed by atoms with Crippen LogP contribution in [0.2, 0.25) is 0 Å². The molecule has 0 aliphatic heterocycles. The van der Waals surface area contributed by atoms with E-state index in [1.807, 2.05) is 24.2 Å². The van der Waals surface area contributed by atoms with Gasteiger partial charge in [0.1, 0.15) is 5.82 Å². The number of hydrogen-bond donors (Lipinski definition) is 0. The van der Waals surface area contributed by atoms with Gasteiger partial charge < -0.3 is 9.47 Å². The fourth-order valence-electron chi connectivity index (χ4n) is 2.26. The Morgan fingerprint density at radius 1 is 1.26 bits per heavy atom. The van der Waals surface area contributed by atoms with Crippen LogP contribution in [0.4, 0.5) is 0 Å². The van der Waals surface area contributed by atoms with Crippen molar-refractivity contribution in [3.63, 3.8) is 0 Å². The summed E-state index contributed by atoms with van der Waals surface area (Å²) < 4.78 is 2.14. The fourth-order valence-corrected chi connectivity index (χ4v) is 2.26. The molecule has 0 aromatic carbocycles. The molecule has 1 rings (SSSR count). The van der Waals surface area contributed by atoms with Crippen LogP contribution in [0.15, 0.2) is 12.4 Å². The van der Waals surface area contributed by atoms with Crippen LogP contribution in [-0.4, -0.2) is 33.4 Å². The van der Waals surface area contributed by atoms with E-state index in [0.29, 0.717) is 12.3 Å². The quantitative estimate of drug-likeness (QED) is 0.644. The third kappa shape index (κ3) is 5.45. The van der Waals surface area contributed by atoms with Gasteiger partial charge in [-0.15, -0.1) is 0 Å². The normalized spacial score (nSPS) is 10.7. The lowest BCUT2D eigenvalue weighted by Crippen LogP contribution is -2.32. The average Bonchev–Trinajstić information content (AvgIpc) is 2.80. The van der Waals surface area contributed by atoms with E-state index in [2.05, 4.69) is 23.4 Å². The van der Waals surface area contributed by atoms with Gasteiger partial charge in [0, 0.05) is 38.4 Å². The van der Waals surface area contributed by atoms with Gasteiger partial charge in [0.25, 0.3) is 0 Å². The Bertz CT molecular complexity index is 367. The summed E-state index contributed by atoms with van der Waals surface area (Å²) in [7, 11) is 0. The van der Waals surface area contributed by atoms with Gasteiger partial charge in [0.15, 0.2) is 0 Å². The van der Waals surface area contributed by atoms with Crippen molar-refractivity contribution >= 4 is 5.91 Å². The highest BCUT2D eigenvalue weighted by molar-refractivity contribution is 5.76. The number of aromatic nitrogens is 2. The van der Waals surface area contributed by atoms with Gasteiger partial charge in [-0.25, -0.2) is 4.98 Å². The number of aryl methyl sites for hydroxylation is 2. The first kappa shape index (κ1) is 15.7. The number of carbonyl (C=O) groups excluding carboxylic acids is 1. The molecule has 0 saturated heterocycles. The van der Waals surface area contributed by atoms with E-state index in [1.165, 1.54) is 0 Å². The summed E-state index contributed by atoms with van der Waals surface area (Å²) in [5, 5.41) is 0. The molecule has 0 fully saturated rings. The lowest BCUT2D eigenvalue weighted by Gasteiger charge is -2.21. The number of carbonyl (C=O) groups is 1. The zero-order valence-corrected chi connectivity index (χ0v) is 12.6. The fraction of sp³-hybridized carbons (Fsp3) is 0.733. The summed E-state index contributed by atoms with van der Waals surface area (Å²) in [6.45, 7) is 9.01. The molecule has 0 saturated carbocycles. The summed E-state index contributed by atoms with van der Waals surface area (Å²) in [6, 6.07) is 0. The summed E-state index contributed by atoms with van der Waals surface area (Å²) >= 11 is 0. The van der Waals surface area contributed by atoms with Crippen molar-refractivity contribution in [1.82, 2.24) is 14.5 Å². The lowest BCUT2D eigenvalue weighted by atomic mass is 10.2. The van der Waals surface area contributed by atoms with Crippen LogP contribution in [0.25, 0.3) is 0 Å². The molecule has 0 atom stereocenters. The monoisotopic (exact) mass is 265 g/mol. The molecule has 4 nitrogen and oxygen atoms in total. The molecule has 0 aliphatic rings. The van der Waals surface area contributed by atoms with Crippen LogP contribution in [0.5, 0.6) is 0 Å². The third-order valence-corrected chi connectivity index (χ3v) is 3.30. The summed E-state index contributed by atoms with van der Waals surface area (Å²) in [4.78, 5) is 18.3. The van der Waals surface area contributed by atoms with E-state index in [-0.39, 0.29) is 0 Å². The van der Waals surface area contributed by atoms with Crippen molar-refractivity contribution in [3.8, 4) is 0 Å². The van der Waals surface area contributed by atoms with E-state index in [1.54, 1.807) is 0 Å². The zero-order chi connectivity index (χ0) is 14.1. The SMILES string of the molecule is CCCN(CCC)C(=O)CCCCn1ccnc1C. The van der Waals surface area contributed by atoms with E-state index < -0.39 is 0 Å². The summed E-state index contributed by atoms with van der Waals surface area (Å²) in [5.74, 6) is 1.36. The number of amides is 1. The van der Waals surface area contributed by atoms with E-state index >= 15 is 0 Å². The molecule has 0 N–H and O–H groups in total. The van der Waals surface area contributed by atoms with Gasteiger partial charge in [-0.05, 0) is 32.6 Å². The Kier molecular flexibility index (Phi) is 7.23. The van der Waals surface area contributed by atoms with Crippen molar-refractivity contribution in [2.45, 2.75) is 59.4 Å². The minimum atomic E-state index is 0.311. The maximum absolute atomic E-state index is 12.1. The highest BCUT2D eigenvalue weighted by atomic mass is 16.2. The molecule has 1 amide bonds. The second-order valence-corrected chi connectivity index (χ2v) is 5.01. The molecular formula is C15H27N3O. The smallest absolute Gasteiger partial charge is 0.222 e. The second-order valence-electron chi connectivity index (χ2n) is 5.01. The van der Waals surface area contributed by atoms with Gasteiger partial charge in [-0.3, -0.25) is 4.79 Å². The molecule has 4 heteroatoms. The molecule has 0 bridgehead atoms. The molecule has 0 aliphatic carbocycles. The van der Waals surface area contributed by atoms with Crippen molar-refractivity contribution < 1.29 is 4.79 Å². The Morgan fingerprint density at radius 2 is 1.95 bits per heavy atom. The highest BCUT2D eigenvalue weighted by Gasteiger charge is 2.10. The van der Waals surface area contributed by atoms with Crippen LogP contribution in [0.3, 0.4) is 0 Å². The number of imidazole rings is 1. The average molecular weight is 265 g/mol. The summed E-state index contributed by atoms with van der Waals surface area (Å²) in [6.07, 6.45) is 8.57. The molecule has 0 radical (unpaired) electrons. The molecule has 0 spiro atoms. The zero-order valence-electron chi connectivity index (χ0n) is 12.6. The molecule has 1 heterocycles. The van der Waals surface area contributed by atoms with Crippen LogP contribution in [0.1, 0.15) is 51.8 Å². The third-order valence-electron chi connectivity index (χ3n) is 3.30. The molecule has 108 valence electrons. The minimum absolute atomic E-state index is 0.311. The molecule has 1 aromatic rings. The van der Waals surface area contributed by atoms with Crippen LogP contribution < -0.4 is 0 Å². The van der Waals surface area contributed by atoms with Gasteiger partial charge in [-0.2, -0.15) is 0 Å². The van der Waals surface area contributed by atoms with Crippen LogP contribution in [0, 0.1) is 6.92 Å². The summed E-state index contributed by atoms with van der Waals surface area (Å²) in [5.41, 5.74) is 0. The Morgan fingerprint density at radius 3 is 2.47 bits per heavy atom.